The molecule has 1 rings (SSSR count). The fourth-order valence-electron chi connectivity index (χ4n) is 2.48. The predicted molar refractivity (Wildman–Crippen MR) is 103 cm³/mol. The van der Waals surface area contributed by atoms with Gasteiger partial charge in [-0.15, -0.1) is 0 Å². The van der Waals surface area contributed by atoms with Crippen molar-refractivity contribution in [2.24, 2.45) is 4.99 Å². The molecular formula is C19H31F3N4O. The van der Waals surface area contributed by atoms with Crippen LogP contribution in [0.25, 0.3) is 0 Å². The molecule has 0 bridgehead atoms. The molecule has 27 heavy (non-hydrogen) atoms. The van der Waals surface area contributed by atoms with Crippen molar-refractivity contribution in [3.63, 3.8) is 0 Å². The largest absolute Gasteiger partial charge is 0.484 e. The molecule has 0 saturated heterocycles. The van der Waals surface area contributed by atoms with E-state index in [0.29, 0.717) is 12.5 Å². The van der Waals surface area contributed by atoms with E-state index in [1.54, 1.807) is 19.2 Å². The number of hydrogen-bond donors (Lipinski definition) is 2. The van der Waals surface area contributed by atoms with Gasteiger partial charge in [-0.25, -0.2) is 0 Å². The summed E-state index contributed by atoms with van der Waals surface area (Å²) in [6.07, 6.45) is -2.14. The van der Waals surface area contributed by atoms with Gasteiger partial charge in [0, 0.05) is 20.1 Å². The van der Waals surface area contributed by atoms with Crippen LogP contribution in [0, 0.1) is 0 Å². The predicted octanol–water partition coefficient (Wildman–Crippen LogP) is 3.41. The molecule has 2 N–H and O–H groups in total. The normalized spacial score (nSPS) is 12.3. The van der Waals surface area contributed by atoms with E-state index >= 15 is 0 Å². The summed E-state index contributed by atoms with van der Waals surface area (Å²) in [6.45, 7) is 7.67. The maximum absolute atomic E-state index is 12.1. The van der Waals surface area contributed by atoms with Crippen LogP contribution in [0.2, 0.25) is 0 Å². The van der Waals surface area contributed by atoms with Gasteiger partial charge in [0.1, 0.15) is 5.75 Å². The van der Waals surface area contributed by atoms with E-state index in [1.165, 1.54) is 12.1 Å². The van der Waals surface area contributed by atoms with Crippen molar-refractivity contribution in [2.45, 2.75) is 39.4 Å². The topological polar surface area (TPSA) is 48.9 Å². The van der Waals surface area contributed by atoms with Crippen LogP contribution in [-0.4, -0.2) is 56.9 Å². The Morgan fingerprint density at radius 2 is 1.74 bits per heavy atom. The summed E-state index contributed by atoms with van der Waals surface area (Å²) in [7, 11) is 1.71. The first-order valence-corrected chi connectivity index (χ1v) is 9.33. The Kier molecular flexibility index (Phi) is 10.6. The Balaban J connectivity index is 2.28. The van der Waals surface area contributed by atoms with E-state index in [9.17, 15) is 13.2 Å². The smallest absolute Gasteiger partial charge is 0.422 e. The van der Waals surface area contributed by atoms with Crippen LogP contribution >= 0.6 is 0 Å². The molecule has 0 heterocycles. The summed E-state index contributed by atoms with van der Waals surface area (Å²) >= 11 is 0. The molecule has 0 amide bonds. The van der Waals surface area contributed by atoms with E-state index < -0.39 is 12.8 Å². The van der Waals surface area contributed by atoms with Gasteiger partial charge in [0.15, 0.2) is 12.6 Å². The third-order valence-electron chi connectivity index (χ3n) is 4.10. The van der Waals surface area contributed by atoms with Gasteiger partial charge in [0.05, 0.1) is 0 Å². The minimum Gasteiger partial charge on any atom is -0.484 e. The number of nitrogens with one attached hydrogen (secondary N) is 2. The number of rotatable bonds is 11. The number of unbranched alkanes of at least 4 members (excludes halogenated alkanes) is 1. The molecule has 0 fully saturated rings. The summed E-state index contributed by atoms with van der Waals surface area (Å²) in [5.41, 5.74) is 0.929. The number of nitrogens with zero attached hydrogens (tertiary/aromatic N) is 2. The first-order valence-electron chi connectivity index (χ1n) is 9.33. The van der Waals surface area contributed by atoms with Crippen molar-refractivity contribution in [1.82, 2.24) is 15.5 Å². The van der Waals surface area contributed by atoms with E-state index in [1.807, 2.05) is 0 Å². The lowest BCUT2D eigenvalue weighted by Gasteiger charge is -2.18. The van der Waals surface area contributed by atoms with Crippen molar-refractivity contribution in [3.05, 3.63) is 29.8 Å². The van der Waals surface area contributed by atoms with Crippen molar-refractivity contribution < 1.29 is 17.9 Å². The molecule has 0 atom stereocenters. The van der Waals surface area contributed by atoms with E-state index in [0.717, 1.165) is 44.6 Å². The Bertz CT molecular complexity index is 543. The first kappa shape index (κ1) is 23.1. The number of halogens is 3. The fourth-order valence-corrected chi connectivity index (χ4v) is 2.48. The average molecular weight is 388 g/mol. The molecule has 0 aliphatic carbocycles. The summed E-state index contributed by atoms with van der Waals surface area (Å²) in [5.74, 6) is 0.905. The van der Waals surface area contributed by atoms with E-state index in [4.69, 9.17) is 4.74 Å². The zero-order valence-electron chi connectivity index (χ0n) is 16.4. The first-order chi connectivity index (χ1) is 12.9. The molecule has 0 unspecified atom stereocenters. The highest BCUT2D eigenvalue weighted by Gasteiger charge is 2.28. The van der Waals surface area contributed by atoms with Crippen molar-refractivity contribution in [1.29, 1.82) is 0 Å². The highest BCUT2D eigenvalue weighted by molar-refractivity contribution is 5.79. The monoisotopic (exact) mass is 388 g/mol. The minimum absolute atomic E-state index is 0.201. The van der Waals surface area contributed by atoms with Crippen LogP contribution in [0.4, 0.5) is 13.2 Å². The number of hydrogen-bond acceptors (Lipinski definition) is 3. The second kappa shape index (κ2) is 12.4. The van der Waals surface area contributed by atoms with Crippen LogP contribution in [0.1, 0.15) is 32.3 Å². The summed E-state index contributed by atoms with van der Waals surface area (Å²) < 4.78 is 41.1. The quantitative estimate of drug-likeness (QED) is 0.347. The van der Waals surface area contributed by atoms with E-state index in [2.05, 4.69) is 34.4 Å². The van der Waals surface area contributed by atoms with Crippen LogP contribution < -0.4 is 15.4 Å². The van der Waals surface area contributed by atoms with Crippen LogP contribution in [0.5, 0.6) is 5.75 Å². The highest BCUT2D eigenvalue weighted by atomic mass is 19.4. The Morgan fingerprint density at radius 1 is 1.07 bits per heavy atom. The molecule has 1 aromatic carbocycles. The average Bonchev–Trinajstić information content (AvgIpc) is 2.65. The zero-order chi connectivity index (χ0) is 20.1. The Morgan fingerprint density at radius 3 is 2.30 bits per heavy atom. The molecular weight excluding hydrogens is 357 g/mol. The number of ether oxygens (including phenoxy) is 1. The lowest BCUT2D eigenvalue weighted by atomic mass is 10.2. The van der Waals surface area contributed by atoms with Gasteiger partial charge in [0.25, 0.3) is 0 Å². The molecule has 8 heteroatoms. The number of aliphatic imine (C=N–C) groups is 1. The number of guanidine groups is 1. The van der Waals surface area contributed by atoms with Crippen LogP contribution in [0.3, 0.4) is 0 Å². The maximum atomic E-state index is 12.1. The second-order valence-corrected chi connectivity index (χ2v) is 6.13. The van der Waals surface area contributed by atoms with E-state index in [-0.39, 0.29) is 5.75 Å². The molecule has 0 aliphatic rings. The van der Waals surface area contributed by atoms with Gasteiger partial charge < -0.3 is 20.3 Å². The highest BCUT2D eigenvalue weighted by Crippen LogP contribution is 2.18. The van der Waals surface area contributed by atoms with Crippen molar-refractivity contribution in [3.8, 4) is 5.75 Å². The van der Waals surface area contributed by atoms with Crippen molar-refractivity contribution >= 4 is 5.96 Å². The third kappa shape index (κ3) is 10.7. The summed E-state index contributed by atoms with van der Waals surface area (Å²) in [6, 6.07) is 6.53. The van der Waals surface area contributed by atoms with Gasteiger partial charge in [-0.1, -0.05) is 26.0 Å². The van der Waals surface area contributed by atoms with Gasteiger partial charge in [-0.05, 0) is 50.2 Å². The summed E-state index contributed by atoms with van der Waals surface area (Å²) in [4.78, 5) is 6.57. The molecule has 0 spiro atoms. The standard InChI is InChI=1S/C19H31F3N4O/c1-4-26(5-2)13-7-6-12-24-18(23-3)25-14-16-8-10-17(11-9-16)27-15-19(20,21)22/h8-11H,4-7,12-15H2,1-3H3,(H2,23,24,25). The van der Waals surface area contributed by atoms with Gasteiger partial charge in [-0.3, -0.25) is 4.99 Å². The third-order valence-corrected chi connectivity index (χ3v) is 4.10. The SMILES string of the molecule is CCN(CC)CCCCNC(=NC)NCc1ccc(OCC(F)(F)F)cc1. The molecule has 154 valence electrons. The Hall–Kier alpha value is -1.96. The lowest BCUT2D eigenvalue weighted by Crippen LogP contribution is -2.37. The van der Waals surface area contributed by atoms with Crippen LogP contribution in [0.15, 0.2) is 29.3 Å². The molecule has 0 radical (unpaired) electrons. The van der Waals surface area contributed by atoms with Gasteiger partial charge >= 0.3 is 6.18 Å². The molecule has 5 nitrogen and oxygen atoms in total. The Labute approximate surface area is 160 Å². The fraction of sp³-hybridized carbons (Fsp3) is 0.632. The lowest BCUT2D eigenvalue weighted by molar-refractivity contribution is -0.153. The number of benzene rings is 1. The zero-order valence-corrected chi connectivity index (χ0v) is 16.4. The van der Waals surface area contributed by atoms with Crippen molar-refractivity contribution in [2.75, 3.05) is 39.8 Å². The molecule has 0 saturated carbocycles. The maximum Gasteiger partial charge on any atom is 0.422 e. The minimum atomic E-state index is -4.33. The second-order valence-electron chi connectivity index (χ2n) is 6.13. The molecule has 0 aromatic heterocycles. The van der Waals surface area contributed by atoms with Gasteiger partial charge in [0.2, 0.25) is 0 Å². The van der Waals surface area contributed by atoms with Gasteiger partial charge in [-0.2, -0.15) is 13.2 Å². The molecule has 0 aliphatic heterocycles. The molecule has 1 aromatic rings. The summed E-state index contributed by atoms with van der Waals surface area (Å²) in [5, 5.41) is 6.46. The number of alkyl halides is 3. The van der Waals surface area contributed by atoms with Crippen LogP contribution in [-0.2, 0) is 6.54 Å².